The highest BCUT2D eigenvalue weighted by Crippen LogP contribution is 2.26. The van der Waals surface area contributed by atoms with E-state index >= 15 is 0 Å². The molecule has 0 aromatic heterocycles. The maximum absolute atomic E-state index is 10.5. The van der Waals surface area contributed by atoms with Gasteiger partial charge >= 0.3 is 0 Å². The van der Waals surface area contributed by atoms with E-state index in [4.69, 9.17) is 5.73 Å². The summed E-state index contributed by atoms with van der Waals surface area (Å²) in [5, 5.41) is 10.5. The van der Waals surface area contributed by atoms with E-state index in [0.29, 0.717) is 5.92 Å². The minimum Gasteiger partial charge on any atom is -0.384 e. The second-order valence-electron chi connectivity index (χ2n) is 4.89. The summed E-state index contributed by atoms with van der Waals surface area (Å²) < 4.78 is 0. The van der Waals surface area contributed by atoms with Crippen molar-refractivity contribution in [2.75, 3.05) is 6.54 Å². The van der Waals surface area contributed by atoms with Crippen LogP contribution in [0.5, 0.6) is 0 Å². The van der Waals surface area contributed by atoms with Gasteiger partial charge < -0.3 is 10.8 Å². The van der Waals surface area contributed by atoms with Crippen LogP contribution >= 0.6 is 0 Å². The number of hydrogen-bond acceptors (Lipinski definition) is 2. The van der Waals surface area contributed by atoms with E-state index in [0.717, 1.165) is 24.8 Å². The zero-order chi connectivity index (χ0) is 12.0. The smallest absolute Gasteiger partial charge is 0.102 e. The van der Waals surface area contributed by atoms with Crippen LogP contribution < -0.4 is 5.73 Å². The number of benzene rings is 1. The molecule has 1 unspecified atom stereocenters. The van der Waals surface area contributed by atoms with Crippen molar-refractivity contribution < 1.29 is 5.11 Å². The van der Waals surface area contributed by atoms with Crippen LogP contribution in [0, 0.1) is 5.92 Å². The minimum absolute atomic E-state index is 0.287. The summed E-state index contributed by atoms with van der Waals surface area (Å²) in [6.45, 7) is 4.68. The first-order valence-electron chi connectivity index (χ1n) is 6.06. The Morgan fingerprint density at radius 1 is 1.25 bits per heavy atom. The third-order valence-corrected chi connectivity index (χ3v) is 3.02. The van der Waals surface area contributed by atoms with Crippen LogP contribution in [0.3, 0.4) is 0 Å². The summed E-state index contributed by atoms with van der Waals surface area (Å²) in [7, 11) is 0. The molecule has 0 fully saturated rings. The van der Waals surface area contributed by atoms with Crippen LogP contribution in [0.2, 0.25) is 0 Å². The summed E-state index contributed by atoms with van der Waals surface area (Å²) in [4.78, 5) is 0. The van der Waals surface area contributed by atoms with Gasteiger partial charge in [-0.05, 0) is 24.3 Å². The largest absolute Gasteiger partial charge is 0.384 e. The number of aliphatic hydroxyl groups is 1. The Morgan fingerprint density at radius 3 is 2.38 bits per heavy atom. The van der Waals surface area contributed by atoms with Gasteiger partial charge in [0, 0.05) is 6.54 Å². The van der Waals surface area contributed by atoms with Gasteiger partial charge in [-0.2, -0.15) is 0 Å². The van der Waals surface area contributed by atoms with E-state index in [1.807, 2.05) is 30.3 Å². The van der Waals surface area contributed by atoms with E-state index in [2.05, 4.69) is 13.8 Å². The predicted octanol–water partition coefficient (Wildman–Crippen LogP) is 2.66. The summed E-state index contributed by atoms with van der Waals surface area (Å²) in [5.41, 5.74) is 5.79. The molecule has 1 rings (SSSR count). The normalized spacial score (nSPS) is 15.1. The second kappa shape index (κ2) is 6.02. The summed E-state index contributed by atoms with van der Waals surface area (Å²) in [5.74, 6) is 0.679. The maximum Gasteiger partial charge on any atom is 0.102 e. The van der Waals surface area contributed by atoms with Gasteiger partial charge in [-0.3, -0.25) is 0 Å². The van der Waals surface area contributed by atoms with Gasteiger partial charge in [-0.1, -0.05) is 50.6 Å². The summed E-state index contributed by atoms with van der Waals surface area (Å²) in [6, 6.07) is 9.73. The lowest BCUT2D eigenvalue weighted by molar-refractivity contribution is 0.0332. The van der Waals surface area contributed by atoms with E-state index in [9.17, 15) is 5.11 Å². The molecule has 1 atom stereocenters. The van der Waals surface area contributed by atoms with E-state index < -0.39 is 5.60 Å². The van der Waals surface area contributed by atoms with Crippen molar-refractivity contribution in [2.45, 2.75) is 38.7 Å². The molecule has 1 aromatic carbocycles. The Hall–Kier alpha value is -0.860. The number of nitrogens with two attached hydrogens (primary N) is 1. The molecular weight excluding hydrogens is 198 g/mol. The van der Waals surface area contributed by atoms with Gasteiger partial charge in [-0.15, -0.1) is 0 Å². The molecule has 2 nitrogen and oxygen atoms in total. The summed E-state index contributed by atoms with van der Waals surface area (Å²) >= 11 is 0. The second-order valence-corrected chi connectivity index (χ2v) is 4.89. The van der Waals surface area contributed by atoms with Gasteiger partial charge in [0.05, 0.1) is 0 Å². The maximum atomic E-state index is 10.5. The number of hydrogen-bond donors (Lipinski definition) is 2. The molecule has 0 aliphatic heterocycles. The van der Waals surface area contributed by atoms with Crippen molar-refractivity contribution in [1.82, 2.24) is 0 Å². The fourth-order valence-corrected chi connectivity index (χ4v) is 1.92. The molecule has 1 aromatic rings. The summed E-state index contributed by atoms with van der Waals surface area (Å²) in [6.07, 6.45) is 2.89. The van der Waals surface area contributed by atoms with Crippen molar-refractivity contribution in [3.8, 4) is 0 Å². The average molecular weight is 221 g/mol. The first-order valence-corrected chi connectivity index (χ1v) is 6.06. The Morgan fingerprint density at radius 2 is 1.88 bits per heavy atom. The molecule has 0 saturated heterocycles. The van der Waals surface area contributed by atoms with Gasteiger partial charge in [0.15, 0.2) is 0 Å². The highest BCUT2D eigenvalue weighted by molar-refractivity contribution is 5.22. The third kappa shape index (κ3) is 3.62. The minimum atomic E-state index is -0.851. The predicted molar refractivity (Wildman–Crippen MR) is 68.1 cm³/mol. The van der Waals surface area contributed by atoms with Gasteiger partial charge in [0.25, 0.3) is 0 Å². The lowest BCUT2D eigenvalue weighted by Crippen LogP contribution is -2.34. The highest BCUT2D eigenvalue weighted by atomic mass is 16.3. The van der Waals surface area contributed by atoms with Crippen molar-refractivity contribution in [3.63, 3.8) is 0 Å². The van der Waals surface area contributed by atoms with Gasteiger partial charge in [0.2, 0.25) is 0 Å². The van der Waals surface area contributed by atoms with Crippen molar-refractivity contribution in [3.05, 3.63) is 35.9 Å². The molecule has 0 bridgehead atoms. The first kappa shape index (κ1) is 13.2. The molecule has 0 aliphatic carbocycles. The first-order chi connectivity index (χ1) is 7.58. The zero-order valence-corrected chi connectivity index (χ0v) is 10.3. The molecule has 0 radical (unpaired) electrons. The zero-order valence-electron chi connectivity index (χ0n) is 10.3. The molecule has 0 amide bonds. The van der Waals surface area contributed by atoms with Gasteiger partial charge in [0.1, 0.15) is 5.60 Å². The molecule has 0 aliphatic rings. The average Bonchev–Trinajstić information content (AvgIpc) is 2.29. The molecular formula is C14H23NO. The molecule has 16 heavy (non-hydrogen) atoms. The lowest BCUT2D eigenvalue weighted by atomic mass is 9.87. The SMILES string of the molecule is CC(C)CCCC(O)(CN)c1ccccc1. The van der Waals surface area contributed by atoms with Crippen LogP contribution in [0.15, 0.2) is 30.3 Å². The standard InChI is InChI=1S/C14H23NO/c1-12(2)7-6-10-14(16,11-15)13-8-4-3-5-9-13/h3-5,8-9,12,16H,6-7,10-11,15H2,1-2H3. The fourth-order valence-electron chi connectivity index (χ4n) is 1.92. The van der Waals surface area contributed by atoms with Gasteiger partial charge in [-0.25, -0.2) is 0 Å². The van der Waals surface area contributed by atoms with E-state index in [1.165, 1.54) is 0 Å². The molecule has 0 saturated carbocycles. The monoisotopic (exact) mass is 221 g/mol. The quantitative estimate of drug-likeness (QED) is 0.775. The van der Waals surface area contributed by atoms with Crippen LogP contribution in [0.25, 0.3) is 0 Å². The fraction of sp³-hybridized carbons (Fsp3) is 0.571. The van der Waals surface area contributed by atoms with Crippen LogP contribution in [0.1, 0.15) is 38.7 Å². The topological polar surface area (TPSA) is 46.2 Å². The van der Waals surface area contributed by atoms with Crippen molar-refractivity contribution in [1.29, 1.82) is 0 Å². The number of rotatable bonds is 6. The van der Waals surface area contributed by atoms with Crippen molar-refractivity contribution >= 4 is 0 Å². The molecule has 0 spiro atoms. The van der Waals surface area contributed by atoms with Crippen LogP contribution in [0.4, 0.5) is 0 Å². The molecule has 3 N–H and O–H groups in total. The Labute approximate surface area is 98.5 Å². The van der Waals surface area contributed by atoms with Crippen molar-refractivity contribution in [2.24, 2.45) is 11.7 Å². The Bertz CT molecular complexity index is 297. The molecule has 2 heteroatoms. The Balaban J connectivity index is 2.63. The van der Waals surface area contributed by atoms with Crippen LogP contribution in [-0.4, -0.2) is 11.7 Å². The highest BCUT2D eigenvalue weighted by Gasteiger charge is 2.26. The van der Waals surface area contributed by atoms with E-state index in [-0.39, 0.29) is 6.54 Å². The lowest BCUT2D eigenvalue weighted by Gasteiger charge is -2.27. The molecule has 90 valence electrons. The molecule has 0 heterocycles. The van der Waals surface area contributed by atoms with Crippen LogP contribution in [-0.2, 0) is 5.60 Å². The van der Waals surface area contributed by atoms with E-state index in [1.54, 1.807) is 0 Å². The third-order valence-electron chi connectivity index (χ3n) is 3.02. The Kier molecular flexibility index (Phi) is 4.97.